The van der Waals surface area contributed by atoms with E-state index in [0.717, 1.165) is 6.42 Å². The third-order valence-electron chi connectivity index (χ3n) is 2.49. The highest BCUT2D eigenvalue weighted by Gasteiger charge is 2.32. The predicted octanol–water partition coefficient (Wildman–Crippen LogP) is 1.99. The van der Waals surface area contributed by atoms with Crippen molar-refractivity contribution in [1.82, 2.24) is 4.90 Å². The van der Waals surface area contributed by atoms with Crippen molar-refractivity contribution in [3.8, 4) is 0 Å². The Kier molecular flexibility index (Phi) is 5.48. The number of amides is 1. The summed E-state index contributed by atoms with van der Waals surface area (Å²) in [6.45, 7) is 9.89. The molecule has 0 radical (unpaired) electrons. The lowest BCUT2D eigenvalue weighted by molar-refractivity contribution is -0.149. The van der Waals surface area contributed by atoms with Gasteiger partial charge in [-0.05, 0) is 19.3 Å². The van der Waals surface area contributed by atoms with Crippen LogP contribution >= 0.6 is 0 Å². The van der Waals surface area contributed by atoms with Crippen molar-refractivity contribution in [2.45, 2.75) is 41.0 Å². The van der Waals surface area contributed by atoms with Crippen molar-refractivity contribution in [1.29, 1.82) is 0 Å². The Morgan fingerprint density at radius 3 is 2.12 bits per heavy atom. The lowest BCUT2D eigenvalue weighted by Gasteiger charge is -2.31. The Labute approximate surface area is 97.6 Å². The van der Waals surface area contributed by atoms with Crippen molar-refractivity contribution in [3.05, 3.63) is 0 Å². The molecule has 0 aliphatic heterocycles. The van der Waals surface area contributed by atoms with Gasteiger partial charge in [-0.2, -0.15) is 0 Å². The normalized spacial score (nSPS) is 11.6. The van der Waals surface area contributed by atoms with Crippen LogP contribution in [0.1, 0.15) is 41.0 Å². The van der Waals surface area contributed by atoms with Crippen LogP contribution in [0.2, 0.25) is 0 Å². The molecule has 0 aliphatic rings. The van der Waals surface area contributed by atoms with Crippen molar-refractivity contribution in [2.24, 2.45) is 11.3 Å². The third kappa shape index (κ3) is 4.64. The van der Waals surface area contributed by atoms with E-state index in [0.29, 0.717) is 12.5 Å². The molecule has 16 heavy (non-hydrogen) atoms. The van der Waals surface area contributed by atoms with Gasteiger partial charge >= 0.3 is 5.97 Å². The molecule has 0 fully saturated rings. The Balaban J connectivity index is 4.65. The van der Waals surface area contributed by atoms with E-state index >= 15 is 0 Å². The van der Waals surface area contributed by atoms with E-state index in [1.807, 2.05) is 13.8 Å². The first kappa shape index (κ1) is 14.9. The second kappa shape index (κ2) is 5.87. The number of carboxylic acids is 1. The van der Waals surface area contributed by atoms with Crippen LogP contribution in [-0.2, 0) is 9.59 Å². The maximum atomic E-state index is 12.1. The van der Waals surface area contributed by atoms with E-state index in [1.54, 1.807) is 6.92 Å². The zero-order valence-corrected chi connectivity index (χ0v) is 10.9. The van der Waals surface area contributed by atoms with Gasteiger partial charge in [-0.15, -0.1) is 0 Å². The maximum absolute atomic E-state index is 12.1. The summed E-state index contributed by atoms with van der Waals surface area (Å²) in [7, 11) is 0. The molecule has 0 aromatic heterocycles. The molecule has 94 valence electrons. The van der Waals surface area contributed by atoms with Crippen LogP contribution in [0.3, 0.4) is 0 Å². The zero-order valence-electron chi connectivity index (χ0n) is 10.9. The largest absolute Gasteiger partial charge is 0.480 e. The van der Waals surface area contributed by atoms with Gasteiger partial charge in [0.15, 0.2) is 0 Å². The van der Waals surface area contributed by atoms with Gasteiger partial charge < -0.3 is 10.0 Å². The molecule has 0 unspecified atom stereocenters. The van der Waals surface area contributed by atoms with Gasteiger partial charge in [0.25, 0.3) is 0 Å². The monoisotopic (exact) mass is 229 g/mol. The number of nitrogens with zero attached hydrogens (tertiary/aromatic N) is 1. The highest BCUT2D eigenvalue weighted by atomic mass is 16.4. The SMILES string of the molecule is CCN(CC(=O)O)C(=O)C(C)(C)CC(C)C. The van der Waals surface area contributed by atoms with Crippen LogP contribution in [0, 0.1) is 11.3 Å². The standard InChI is InChI=1S/C12H23NO3/c1-6-13(8-10(14)15)11(16)12(4,5)7-9(2)3/h9H,6-8H2,1-5H3,(H,14,15). The number of hydrogen-bond acceptors (Lipinski definition) is 2. The first-order chi connectivity index (χ1) is 7.20. The molecule has 1 amide bonds. The molecule has 0 aromatic carbocycles. The number of rotatable bonds is 6. The van der Waals surface area contributed by atoms with Crippen LogP contribution in [-0.4, -0.2) is 35.0 Å². The number of aliphatic carboxylic acids is 1. The van der Waals surface area contributed by atoms with E-state index in [9.17, 15) is 9.59 Å². The first-order valence-corrected chi connectivity index (χ1v) is 5.72. The lowest BCUT2D eigenvalue weighted by Crippen LogP contribution is -2.43. The van der Waals surface area contributed by atoms with Gasteiger partial charge in [0.05, 0.1) is 0 Å². The molecule has 0 saturated carbocycles. The van der Waals surface area contributed by atoms with Crippen molar-refractivity contribution >= 4 is 11.9 Å². The van der Waals surface area contributed by atoms with Crippen LogP contribution in [0.25, 0.3) is 0 Å². The minimum Gasteiger partial charge on any atom is -0.480 e. The summed E-state index contributed by atoms with van der Waals surface area (Å²) in [6, 6.07) is 0. The summed E-state index contributed by atoms with van der Waals surface area (Å²) >= 11 is 0. The van der Waals surface area contributed by atoms with E-state index < -0.39 is 11.4 Å². The highest BCUT2D eigenvalue weighted by molar-refractivity contribution is 5.85. The van der Waals surface area contributed by atoms with Gasteiger partial charge in [-0.3, -0.25) is 9.59 Å². The molecule has 0 heterocycles. The minimum atomic E-state index is -0.962. The van der Waals surface area contributed by atoms with Gasteiger partial charge in [0, 0.05) is 12.0 Å². The van der Waals surface area contributed by atoms with E-state index in [4.69, 9.17) is 5.11 Å². The van der Waals surface area contributed by atoms with Gasteiger partial charge in [0.1, 0.15) is 6.54 Å². The second-order valence-electron chi connectivity index (χ2n) is 5.19. The number of carboxylic acid groups (broad SMARTS) is 1. The Morgan fingerprint density at radius 2 is 1.81 bits per heavy atom. The molecule has 0 rings (SSSR count). The molecule has 0 saturated heterocycles. The van der Waals surface area contributed by atoms with Crippen LogP contribution < -0.4 is 0 Å². The molecule has 4 heteroatoms. The van der Waals surface area contributed by atoms with E-state index in [2.05, 4.69) is 13.8 Å². The molecule has 0 aromatic rings. The van der Waals surface area contributed by atoms with Crippen LogP contribution in [0.15, 0.2) is 0 Å². The molecule has 4 nitrogen and oxygen atoms in total. The Bertz CT molecular complexity index is 259. The number of likely N-dealkylation sites (N-methyl/N-ethyl adjacent to an activating group) is 1. The third-order valence-corrected chi connectivity index (χ3v) is 2.49. The molecule has 1 N–H and O–H groups in total. The summed E-state index contributed by atoms with van der Waals surface area (Å²) in [5.41, 5.74) is -0.486. The highest BCUT2D eigenvalue weighted by Crippen LogP contribution is 2.27. The summed E-state index contributed by atoms with van der Waals surface area (Å²) in [5.74, 6) is -0.621. The topological polar surface area (TPSA) is 57.6 Å². The summed E-state index contributed by atoms with van der Waals surface area (Å²) < 4.78 is 0. The molecule has 0 atom stereocenters. The van der Waals surface area contributed by atoms with Gasteiger partial charge in [-0.1, -0.05) is 27.7 Å². The molecule has 0 bridgehead atoms. The fourth-order valence-corrected chi connectivity index (χ4v) is 2.03. The molecule has 0 aliphatic carbocycles. The van der Waals surface area contributed by atoms with Crippen LogP contribution in [0.5, 0.6) is 0 Å². The average Bonchev–Trinajstić information content (AvgIpc) is 2.10. The Morgan fingerprint density at radius 1 is 1.31 bits per heavy atom. The average molecular weight is 229 g/mol. The molecular weight excluding hydrogens is 206 g/mol. The fraction of sp³-hybridized carbons (Fsp3) is 0.833. The Hall–Kier alpha value is -1.06. The quantitative estimate of drug-likeness (QED) is 0.757. The number of hydrogen-bond donors (Lipinski definition) is 1. The zero-order chi connectivity index (χ0) is 12.9. The summed E-state index contributed by atoms with van der Waals surface area (Å²) in [6.07, 6.45) is 0.766. The fourth-order valence-electron chi connectivity index (χ4n) is 2.03. The second-order valence-corrected chi connectivity index (χ2v) is 5.19. The number of carbonyl (C=O) groups excluding carboxylic acids is 1. The minimum absolute atomic E-state index is 0.0777. The number of carbonyl (C=O) groups is 2. The van der Waals surface area contributed by atoms with Crippen molar-refractivity contribution in [3.63, 3.8) is 0 Å². The molecule has 0 spiro atoms. The lowest BCUT2D eigenvalue weighted by atomic mass is 9.82. The van der Waals surface area contributed by atoms with Crippen molar-refractivity contribution in [2.75, 3.05) is 13.1 Å². The predicted molar refractivity (Wildman–Crippen MR) is 63.1 cm³/mol. The van der Waals surface area contributed by atoms with Crippen molar-refractivity contribution < 1.29 is 14.7 Å². The molecular formula is C12H23NO3. The maximum Gasteiger partial charge on any atom is 0.323 e. The smallest absolute Gasteiger partial charge is 0.323 e. The summed E-state index contributed by atoms with van der Waals surface area (Å²) in [5, 5.41) is 8.72. The van der Waals surface area contributed by atoms with E-state index in [-0.39, 0.29) is 12.5 Å². The van der Waals surface area contributed by atoms with E-state index in [1.165, 1.54) is 4.90 Å². The van der Waals surface area contributed by atoms with Gasteiger partial charge in [0.2, 0.25) is 5.91 Å². The van der Waals surface area contributed by atoms with Crippen LogP contribution in [0.4, 0.5) is 0 Å². The summed E-state index contributed by atoms with van der Waals surface area (Å²) in [4.78, 5) is 24.2. The first-order valence-electron chi connectivity index (χ1n) is 5.72. The van der Waals surface area contributed by atoms with Gasteiger partial charge in [-0.25, -0.2) is 0 Å².